The molecule has 1 aromatic heterocycles. The minimum absolute atomic E-state index is 0.0593. The molecule has 1 aliphatic rings. The standard InChI is InChI=1S/C12H14N4O2/c1-13-6-11-15-16-12(18-11)14-9-7-17-10-5-3-2-4-8(9)10/h2-5,9,13H,6-7H2,1H3,(H,14,16). The monoisotopic (exact) mass is 246 g/mol. The first kappa shape index (κ1) is 11.0. The van der Waals surface area contributed by atoms with Crippen LogP contribution in [0.15, 0.2) is 28.7 Å². The number of benzene rings is 1. The minimum atomic E-state index is 0.0593. The van der Waals surface area contributed by atoms with Crippen LogP contribution >= 0.6 is 0 Å². The van der Waals surface area contributed by atoms with E-state index in [1.807, 2.05) is 31.3 Å². The zero-order chi connectivity index (χ0) is 12.4. The van der Waals surface area contributed by atoms with Crippen molar-refractivity contribution in [2.24, 2.45) is 0 Å². The zero-order valence-corrected chi connectivity index (χ0v) is 10.0. The summed E-state index contributed by atoms with van der Waals surface area (Å²) in [7, 11) is 1.83. The molecule has 0 fully saturated rings. The molecule has 1 atom stereocenters. The summed E-state index contributed by atoms with van der Waals surface area (Å²) in [5, 5.41) is 14.0. The molecule has 6 nitrogen and oxygen atoms in total. The minimum Gasteiger partial charge on any atom is -0.491 e. The second-order valence-corrected chi connectivity index (χ2v) is 4.08. The highest BCUT2D eigenvalue weighted by Gasteiger charge is 2.24. The third-order valence-electron chi connectivity index (χ3n) is 2.79. The maximum absolute atomic E-state index is 5.57. The van der Waals surface area contributed by atoms with E-state index in [9.17, 15) is 0 Å². The van der Waals surface area contributed by atoms with E-state index < -0.39 is 0 Å². The number of nitrogens with one attached hydrogen (secondary N) is 2. The lowest BCUT2D eigenvalue weighted by molar-refractivity contribution is 0.337. The van der Waals surface area contributed by atoms with Gasteiger partial charge in [0.25, 0.3) is 0 Å². The van der Waals surface area contributed by atoms with Gasteiger partial charge in [-0.3, -0.25) is 0 Å². The summed E-state index contributed by atoms with van der Waals surface area (Å²) >= 11 is 0. The zero-order valence-electron chi connectivity index (χ0n) is 10.0. The van der Waals surface area contributed by atoms with Crippen LogP contribution in [0.5, 0.6) is 5.75 Å². The second-order valence-electron chi connectivity index (χ2n) is 4.08. The lowest BCUT2D eigenvalue weighted by Crippen LogP contribution is -2.12. The van der Waals surface area contributed by atoms with Crippen LogP contribution in [0.3, 0.4) is 0 Å². The summed E-state index contributed by atoms with van der Waals surface area (Å²) in [6.07, 6.45) is 0. The van der Waals surface area contributed by atoms with E-state index in [4.69, 9.17) is 9.15 Å². The summed E-state index contributed by atoms with van der Waals surface area (Å²) in [4.78, 5) is 0. The molecule has 1 aromatic carbocycles. The third kappa shape index (κ3) is 2.02. The van der Waals surface area contributed by atoms with Gasteiger partial charge in [-0.05, 0) is 13.1 Å². The Labute approximate surface area is 104 Å². The molecule has 3 rings (SSSR count). The van der Waals surface area contributed by atoms with Crippen molar-refractivity contribution in [3.8, 4) is 5.75 Å². The van der Waals surface area contributed by atoms with Crippen LogP contribution in [-0.4, -0.2) is 23.9 Å². The average Bonchev–Trinajstić information content (AvgIpc) is 2.99. The molecule has 0 bridgehead atoms. The lowest BCUT2D eigenvalue weighted by atomic mass is 10.1. The van der Waals surface area contributed by atoms with E-state index in [1.165, 1.54) is 0 Å². The van der Waals surface area contributed by atoms with E-state index in [0.29, 0.717) is 25.1 Å². The molecule has 0 aliphatic carbocycles. The number of anilines is 1. The Morgan fingerprint density at radius 3 is 3.11 bits per heavy atom. The van der Waals surface area contributed by atoms with Gasteiger partial charge in [-0.25, -0.2) is 0 Å². The predicted octanol–water partition coefficient (Wildman–Crippen LogP) is 1.33. The molecule has 94 valence electrons. The van der Waals surface area contributed by atoms with Crippen LogP contribution in [0, 0.1) is 0 Å². The van der Waals surface area contributed by atoms with Crippen molar-refractivity contribution in [2.45, 2.75) is 12.6 Å². The maximum Gasteiger partial charge on any atom is 0.316 e. The molecular formula is C12H14N4O2. The smallest absolute Gasteiger partial charge is 0.316 e. The molecule has 18 heavy (non-hydrogen) atoms. The topological polar surface area (TPSA) is 72.2 Å². The van der Waals surface area contributed by atoms with Crippen LogP contribution in [0.1, 0.15) is 17.5 Å². The highest BCUT2D eigenvalue weighted by atomic mass is 16.5. The fraction of sp³-hybridized carbons (Fsp3) is 0.333. The van der Waals surface area contributed by atoms with E-state index in [1.54, 1.807) is 0 Å². The van der Waals surface area contributed by atoms with Crippen LogP contribution in [0.2, 0.25) is 0 Å². The van der Waals surface area contributed by atoms with Gasteiger partial charge in [0.15, 0.2) is 0 Å². The highest BCUT2D eigenvalue weighted by Crippen LogP contribution is 2.33. The lowest BCUT2D eigenvalue weighted by Gasteiger charge is -2.08. The molecule has 2 heterocycles. The Hall–Kier alpha value is -2.08. The Bertz CT molecular complexity index is 540. The van der Waals surface area contributed by atoms with Crippen molar-refractivity contribution in [3.05, 3.63) is 35.7 Å². The van der Waals surface area contributed by atoms with E-state index >= 15 is 0 Å². The summed E-state index contributed by atoms with van der Waals surface area (Å²) < 4.78 is 11.0. The first-order chi connectivity index (χ1) is 8.86. The number of fused-ring (bicyclic) bond motifs is 1. The largest absolute Gasteiger partial charge is 0.491 e. The Morgan fingerprint density at radius 2 is 2.22 bits per heavy atom. The Kier molecular flexibility index (Phi) is 2.85. The molecule has 0 spiro atoms. The van der Waals surface area contributed by atoms with Crippen molar-refractivity contribution >= 4 is 6.01 Å². The molecule has 0 saturated carbocycles. The van der Waals surface area contributed by atoms with E-state index in [0.717, 1.165) is 11.3 Å². The van der Waals surface area contributed by atoms with Crippen LogP contribution in [0.25, 0.3) is 0 Å². The van der Waals surface area contributed by atoms with E-state index in [2.05, 4.69) is 20.8 Å². The van der Waals surface area contributed by atoms with Crippen molar-refractivity contribution < 1.29 is 9.15 Å². The molecule has 1 aliphatic heterocycles. The summed E-state index contributed by atoms with van der Waals surface area (Å²) in [5.41, 5.74) is 1.12. The summed E-state index contributed by atoms with van der Waals surface area (Å²) in [5.74, 6) is 1.47. The molecule has 6 heteroatoms. The Morgan fingerprint density at radius 1 is 1.33 bits per heavy atom. The number of para-hydroxylation sites is 1. The van der Waals surface area contributed by atoms with Gasteiger partial charge in [0.05, 0.1) is 12.6 Å². The molecule has 0 saturated heterocycles. The van der Waals surface area contributed by atoms with Crippen molar-refractivity contribution in [1.29, 1.82) is 0 Å². The van der Waals surface area contributed by atoms with Gasteiger partial charge in [0.2, 0.25) is 5.89 Å². The van der Waals surface area contributed by atoms with Gasteiger partial charge in [-0.2, -0.15) is 0 Å². The molecule has 0 radical (unpaired) electrons. The number of ether oxygens (including phenoxy) is 1. The molecule has 0 amide bonds. The van der Waals surface area contributed by atoms with Crippen molar-refractivity contribution in [1.82, 2.24) is 15.5 Å². The fourth-order valence-corrected chi connectivity index (χ4v) is 1.97. The Balaban J connectivity index is 1.73. The van der Waals surface area contributed by atoms with Gasteiger partial charge in [0, 0.05) is 5.56 Å². The summed E-state index contributed by atoms with van der Waals surface area (Å²) in [6.45, 7) is 1.13. The molecule has 2 aromatic rings. The van der Waals surface area contributed by atoms with Crippen molar-refractivity contribution in [2.75, 3.05) is 19.0 Å². The average molecular weight is 246 g/mol. The van der Waals surface area contributed by atoms with Crippen LogP contribution in [0.4, 0.5) is 6.01 Å². The SMILES string of the molecule is CNCc1nnc(NC2COc3ccccc32)o1. The van der Waals surface area contributed by atoms with Gasteiger partial charge < -0.3 is 19.8 Å². The third-order valence-corrected chi connectivity index (χ3v) is 2.79. The predicted molar refractivity (Wildman–Crippen MR) is 65.4 cm³/mol. The molecular weight excluding hydrogens is 232 g/mol. The summed E-state index contributed by atoms with van der Waals surface area (Å²) in [6, 6.07) is 8.42. The molecule has 1 unspecified atom stereocenters. The first-order valence-corrected chi connectivity index (χ1v) is 5.82. The van der Waals surface area contributed by atoms with E-state index in [-0.39, 0.29) is 6.04 Å². The normalized spacial score (nSPS) is 17.3. The number of hydrogen-bond donors (Lipinski definition) is 2. The number of rotatable bonds is 4. The van der Waals surface area contributed by atoms with Gasteiger partial charge in [-0.1, -0.05) is 23.3 Å². The van der Waals surface area contributed by atoms with Crippen LogP contribution < -0.4 is 15.4 Å². The highest BCUT2D eigenvalue weighted by molar-refractivity contribution is 5.43. The second kappa shape index (κ2) is 4.66. The maximum atomic E-state index is 5.57. The van der Waals surface area contributed by atoms with Gasteiger partial charge in [0.1, 0.15) is 12.4 Å². The van der Waals surface area contributed by atoms with Crippen molar-refractivity contribution in [3.63, 3.8) is 0 Å². The van der Waals surface area contributed by atoms with Crippen LogP contribution in [-0.2, 0) is 6.54 Å². The number of aromatic nitrogens is 2. The quantitative estimate of drug-likeness (QED) is 0.848. The van der Waals surface area contributed by atoms with Gasteiger partial charge >= 0.3 is 6.01 Å². The number of nitrogens with zero attached hydrogens (tertiary/aromatic N) is 2. The first-order valence-electron chi connectivity index (χ1n) is 5.82. The fourth-order valence-electron chi connectivity index (χ4n) is 1.97. The van der Waals surface area contributed by atoms with Gasteiger partial charge in [-0.15, -0.1) is 5.10 Å². The molecule has 2 N–H and O–H groups in total. The number of hydrogen-bond acceptors (Lipinski definition) is 6.